The van der Waals surface area contributed by atoms with Gasteiger partial charge in [0.05, 0.1) is 13.1 Å². The van der Waals surface area contributed by atoms with E-state index in [2.05, 4.69) is 30.7 Å². The highest BCUT2D eigenvalue weighted by atomic mass is 35.5. The maximum absolute atomic E-state index is 6.08. The second-order valence-corrected chi connectivity index (χ2v) is 4.25. The Morgan fingerprint density at radius 3 is 2.44 bits per heavy atom. The van der Waals surface area contributed by atoms with Crippen LogP contribution < -0.4 is 5.32 Å². The number of nitrogens with one attached hydrogen (secondary N) is 1. The van der Waals surface area contributed by atoms with E-state index in [1.807, 2.05) is 25.1 Å². The number of benzene rings is 1. The number of nitrogens with zero attached hydrogens (tertiary/aromatic N) is 1. The van der Waals surface area contributed by atoms with Crippen molar-refractivity contribution < 1.29 is 4.58 Å². The second kappa shape index (κ2) is 5.90. The molecule has 0 amide bonds. The molecule has 0 aliphatic heterocycles. The predicted molar refractivity (Wildman–Crippen MR) is 71.8 cm³/mol. The minimum atomic E-state index is 0.803. The van der Waals surface area contributed by atoms with Gasteiger partial charge in [-0.25, -0.2) is 5.32 Å². The van der Waals surface area contributed by atoms with Crippen LogP contribution in [0.4, 0.5) is 5.69 Å². The van der Waals surface area contributed by atoms with Gasteiger partial charge in [0, 0.05) is 18.0 Å². The van der Waals surface area contributed by atoms with Crippen LogP contribution in [0.15, 0.2) is 18.2 Å². The van der Waals surface area contributed by atoms with E-state index in [0.717, 1.165) is 35.2 Å². The highest BCUT2D eigenvalue weighted by Crippen LogP contribution is 2.19. The van der Waals surface area contributed by atoms with Crippen molar-refractivity contribution in [1.29, 1.82) is 0 Å². The van der Waals surface area contributed by atoms with Gasteiger partial charge in [-0.05, 0) is 32.4 Å². The fraction of sp³-hybridized carbons (Fsp3) is 0.462. The molecular formula is C13H20ClN2+. The number of halogens is 1. The largest absolute Gasteiger partial charge is 0.266 e. The van der Waals surface area contributed by atoms with Crippen molar-refractivity contribution in [3.8, 4) is 0 Å². The van der Waals surface area contributed by atoms with Gasteiger partial charge < -0.3 is 0 Å². The molecule has 0 fully saturated rings. The van der Waals surface area contributed by atoms with Crippen LogP contribution >= 0.6 is 11.6 Å². The molecule has 0 unspecified atom stereocenters. The maximum atomic E-state index is 6.08. The number of aryl methyl sites for hydroxylation is 1. The van der Waals surface area contributed by atoms with Gasteiger partial charge in [0.1, 0.15) is 5.69 Å². The first-order chi connectivity index (χ1) is 7.58. The van der Waals surface area contributed by atoms with Crippen LogP contribution in [0, 0.1) is 6.92 Å². The minimum absolute atomic E-state index is 0.803. The van der Waals surface area contributed by atoms with Crippen molar-refractivity contribution in [2.75, 3.05) is 18.4 Å². The maximum Gasteiger partial charge on any atom is 0.246 e. The molecule has 0 saturated heterocycles. The quantitative estimate of drug-likeness (QED) is 0.485. The smallest absolute Gasteiger partial charge is 0.246 e. The molecule has 0 aliphatic rings. The Bertz CT molecular complexity index is 391. The molecule has 0 saturated carbocycles. The fourth-order valence-corrected chi connectivity index (χ4v) is 1.84. The summed E-state index contributed by atoms with van der Waals surface area (Å²) in [6.45, 7) is 10.4. The number of hydrogen-bond donors (Lipinski definition) is 1. The standard InChI is InChI=1S/C13H19ClN2/c1-5-16(6-2)11(4)15-12-8-7-10(3)13(14)9-12/h7-9H,5-6H2,1-4H3/p+1. The zero-order chi connectivity index (χ0) is 12.1. The molecule has 1 N–H and O–H groups in total. The van der Waals surface area contributed by atoms with E-state index in [9.17, 15) is 0 Å². The molecule has 0 atom stereocenters. The van der Waals surface area contributed by atoms with Crippen molar-refractivity contribution >= 4 is 23.1 Å². The Labute approximate surface area is 103 Å². The number of anilines is 1. The molecule has 2 nitrogen and oxygen atoms in total. The third kappa shape index (κ3) is 3.24. The van der Waals surface area contributed by atoms with E-state index in [1.54, 1.807) is 0 Å². The van der Waals surface area contributed by atoms with E-state index >= 15 is 0 Å². The Hall–Kier alpha value is -1.02. The first-order valence-corrected chi connectivity index (χ1v) is 6.08. The molecule has 0 bridgehead atoms. The number of rotatable bonds is 3. The minimum Gasteiger partial charge on any atom is -0.266 e. The number of amidine groups is 1. The zero-order valence-electron chi connectivity index (χ0n) is 10.5. The monoisotopic (exact) mass is 239 g/mol. The van der Waals surface area contributed by atoms with Crippen LogP contribution in [0.2, 0.25) is 5.02 Å². The molecule has 1 rings (SSSR count). The van der Waals surface area contributed by atoms with Gasteiger partial charge in [-0.1, -0.05) is 17.7 Å². The summed E-state index contributed by atoms with van der Waals surface area (Å²) in [5.41, 5.74) is 2.15. The first-order valence-electron chi connectivity index (χ1n) is 5.70. The molecule has 1 aromatic rings. The summed E-state index contributed by atoms with van der Waals surface area (Å²) in [5, 5.41) is 4.17. The summed E-state index contributed by atoms with van der Waals surface area (Å²) < 4.78 is 2.27. The van der Waals surface area contributed by atoms with Gasteiger partial charge in [-0.15, -0.1) is 0 Å². The summed E-state index contributed by atoms with van der Waals surface area (Å²) in [4.78, 5) is 0. The van der Waals surface area contributed by atoms with E-state index < -0.39 is 0 Å². The summed E-state index contributed by atoms with van der Waals surface area (Å²) >= 11 is 6.08. The van der Waals surface area contributed by atoms with Crippen molar-refractivity contribution in [3.63, 3.8) is 0 Å². The second-order valence-electron chi connectivity index (χ2n) is 3.85. The number of hydrogen-bond acceptors (Lipinski definition) is 0. The highest BCUT2D eigenvalue weighted by Gasteiger charge is 2.07. The average molecular weight is 240 g/mol. The molecule has 3 heteroatoms. The van der Waals surface area contributed by atoms with Crippen LogP contribution in [0.5, 0.6) is 0 Å². The van der Waals surface area contributed by atoms with Gasteiger partial charge in [-0.3, -0.25) is 4.58 Å². The van der Waals surface area contributed by atoms with Crippen LogP contribution in [0.1, 0.15) is 26.3 Å². The van der Waals surface area contributed by atoms with Gasteiger partial charge in [-0.2, -0.15) is 0 Å². The zero-order valence-corrected chi connectivity index (χ0v) is 11.2. The van der Waals surface area contributed by atoms with Crippen molar-refractivity contribution in [1.82, 2.24) is 0 Å². The average Bonchev–Trinajstić information content (AvgIpc) is 2.25. The summed E-state index contributed by atoms with van der Waals surface area (Å²) in [5.74, 6) is 1.16. The Morgan fingerprint density at radius 1 is 1.31 bits per heavy atom. The van der Waals surface area contributed by atoms with Gasteiger partial charge in [0.25, 0.3) is 0 Å². The van der Waals surface area contributed by atoms with E-state index in [4.69, 9.17) is 11.6 Å². The SMILES string of the molecule is CC[N+](CC)=C(C)Nc1ccc(C)c(Cl)c1. The lowest BCUT2D eigenvalue weighted by atomic mass is 10.2. The molecule has 16 heavy (non-hydrogen) atoms. The summed E-state index contributed by atoms with van der Waals surface area (Å²) in [7, 11) is 0. The molecule has 0 aliphatic carbocycles. The first kappa shape index (κ1) is 13.0. The predicted octanol–water partition coefficient (Wildman–Crippen LogP) is 3.53. The van der Waals surface area contributed by atoms with Gasteiger partial charge in [0.2, 0.25) is 5.84 Å². The Kier molecular flexibility index (Phi) is 4.81. The molecule has 0 heterocycles. The van der Waals surface area contributed by atoms with Crippen molar-refractivity contribution in [3.05, 3.63) is 28.8 Å². The Morgan fingerprint density at radius 2 is 1.94 bits per heavy atom. The molecule has 88 valence electrons. The molecule has 1 aromatic carbocycles. The fourth-order valence-electron chi connectivity index (χ4n) is 1.66. The lowest BCUT2D eigenvalue weighted by Crippen LogP contribution is -2.24. The Balaban J connectivity index is 2.88. The lowest BCUT2D eigenvalue weighted by Gasteiger charge is -2.07. The van der Waals surface area contributed by atoms with Crippen LogP contribution in [-0.4, -0.2) is 23.5 Å². The van der Waals surface area contributed by atoms with Crippen LogP contribution in [-0.2, 0) is 0 Å². The van der Waals surface area contributed by atoms with E-state index in [0.29, 0.717) is 0 Å². The van der Waals surface area contributed by atoms with Crippen LogP contribution in [0.3, 0.4) is 0 Å². The summed E-state index contributed by atoms with van der Waals surface area (Å²) in [6, 6.07) is 6.04. The molecule has 0 aromatic heterocycles. The third-order valence-electron chi connectivity index (χ3n) is 2.73. The third-order valence-corrected chi connectivity index (χ3v) is 3.14. The van der Waals surface area contributed by atoms with Gasteiger partial charge >= 0.3 is 0 Å². The lowest BCUT2D eigenvalue weighted by molar-refractivity contribution is -0.521. The molecule has 0 radical (unpaired) electrons. The van der Waals surface area contributed by atoms with Gasteiger partial charge in [0.15, 0.2) is 0 Å². The van der Waals surface area contributed by atoms with E-state index in [-0.39, 0.29) is 0 Å². The van der Waals surface area contributed by atoms with Crippen molar-refractivity contribution in [2.45, 2.75) is 27.7 Å². The topological polar surface area (TPSA) is 15.0 Å². The van der Waals surface area contributed by atoms with Crippen LogP contribution in [0.25, 0.3) is 0 Å². The molecular weight excluding hydrogens is 220 g/mol. The highest BCUT2D eigenvalue weighted by molar-refractivity contribution is 6.31. The van der Waals surface area contributed by atoms with E-state index in [1.165, 1.54) is 0 Å². The van der Waals surface area contributed by atoms with Crippen molar-refractivity contribution in [2.24, 2.45) is 0 Å². The molecule has 0 spiro atoms. The normalized spacial score (nSPS) is 10.1. The summed E-state index contributed by atoms with van der Waals surface area (Å²) in [6.07, 6.45) is 0.